The van der Waals surface area contributed by atoms with Crippen LogP contribution in [0, 0.1) is 0 Å². The minimum absolute atomic E-state index is 0.0114. The summed E-state index contributed by atoms with van der Waals surface area (Å²) >= 11 is 4.50. The highest BCUT2D eigenvalue weighted by Crippen LogP contribution is 2.22. The van der Waals surface area contributed by atoms with Gasteiger partial charge in [-0.15, -0.1) is 0 Å². The third-order valence-corrected chi connectivity index (χ3v) is 3.44. The van der Waals surface area contributed by atoms with Crippen molar-refractivity contribution in [2.45, 2.75) is 70.5 Å². The van der Waals surface area contributed by atoms with E-state index in [1.807, 2.05) is 0 Å². The van der Waals surface area contributed by atoms with Crippen molar-refractivity contribution in [1.82, 2.24) is 0 Å². The Bertz CT molecular complexity index is 190. The van der Waals surface area contributed by atoms with Crippen LogP contribution < -0.4 is 0 Å². The summed E-state index contributed by atoms with van der Waals surface area (Å²) < 4.78 is 5.16. The molecule has 0 aliphatic rings. The van der Waals surface area contributed by atoms with Gasteiger partial charge >= 0.3 is 5.97 Å². The summed E-state index contributed by atoms with van der Waals surface area (Å²) in [7, 11) is 0. The number of rotatable bonds is 9. The average molecular weight is 246 g/mol. The van der Waals surface area contributed by atoms with E-state index in [1.165, 1.54) is 12.8 Å². The molecule has 0 bridgehead atoms. The number of thiol groups is 1. The first kappa shape index (κ1) is 15.8. The Labute approximate surface area is 106 Å². The van der Waals surface area contributed by atoms with E-state index in [0.29, 0.717) is 13.0 Å². The van der Waals surface area contributed by atoms with Crippen molar-refractivity contribution < 1.29 is 9.53 Å². The minimum atomic E-state index is -0.0589. The molecule has 0 spiro atoms. The molecule has 0 amide bonds. The number of unbranched alkanes of at least 4 members (excludes halogenated alkanes) is 3. The maximum atomic E-state index is 11.3. The van der Waals surface area contributed by atoms with Crippen molar-refractivity contribution in [3.05, 3.63) is 0 Å². The number of ether oxygens (including phenoxy) is 1. The highest BCUT2D eigenvalue weighted by molar-refractivity contribution is 7.81. The molecule has 2 nitrogen and oxygen atoms in total. The lowest BCUT2D eigenvalue weighted by Gasteiger charge is -2.20. The molecule has 16 heavy (non-hydrogen) atoms. The lowest BCUT2D eigenvalue weighted by Crippen LogP contribution is -2.19. The third-order valence-electron chi connectivity index (χ3n) is 2.90. The van der Waals surface area contributed by atoms with Crippen molar-refractivity contribution in [3.8, 4) is 0 Å². The SMILES string of the molecule is CCCCCCC(=O)OCCC(C)(S)CC. The largest absolute Gasteiger partial charge is 0.466 e. The minimum Gasteiger partial charge on any atom is -0.466 e. The zero-order valence-corrected chi connectivity index (χ0v) is 11.8. The number of carbonyl (C=O) groups excluding carboxylic acids is 1. The predicted molar refractivity (Wildman–Crippen MR) is 72.0 cm³/mol. The molecule has 0 saturated heterocycles. The Hall–Kier alpha value is -0.180. The molecule has 0 fully saturated rings. The molecular weight excluding hydrogens is 220 g/mol. The van der Waals surface area contributed by atoms with Crippen LogP contribution in [0.5, 0.6) is 0 Å². The van der Waals surface area contributed by atoms with Crippen molar-refractivity contribution in [1.29, 1.82) is 0 Å². The summed E-state index contributed by atoms with van der Waals surface area (Å²) in [5.41, 5.74) is 0. The van der Waals surface area contributed by atoms with Crippen LogP contribution in [-0.2, 0) is 9.53 Å². The topological polar surface area (TPSA) is 26.3 Å². The van der Waals surface area contributed by atoms with Gasteiger partial charge in [0.15, 0.2) is 0 Å². The number of hydrogen-bond donors (Lipinski definition) is 1. The van der Waals surface area contributed by atoms with Crippen LogP contribution in [0.1, 0.15) is 65.7 Å². The zero-order chi connectivity index (χ0) is 12.4. The van der Waals surface area contributed by atoms with Gasteiger partial charge in [-0.3, -0.25) is 4.79 Å². The molecule has 0 aromatic carbocycles. The van der Waals surface area contributed by atoms with Gasteiger partial charge in [0.25, 0.3) is 0 Å². The highest BCUT2D eigenvalue weighted by atomic mass is 32.1. The van der Waals surface area contributed by atoms with Gasteiger partial charge in [0, 0.05) is 11.2 Å². The summed E-state index contributed by atoms with van der Waals surface area (Å²) in [5.74, 6) is -0.0589. The van der Waals surface area contributed by atoms with E-state index in [9.17, 15) is 4.79 Å². The maximum absolute atomic E-state index is 11.3. The second kappa shape index (κ2) is 8.91. The van der Waals surface area contributed by atoms with E-state index in [1.54, 1.807) is 0 Å². The molecule has 0 N–H and O–H groups in total. The first-order chi connectivity index (χ1) is 7.52. The van der Waals surface area contributed by atoms with E-state index >= 15 is 0 Å². The molecule has 0 aromatic rings. The fourth-order valence-corrected chi connectivity index (χ4v) is 1.42. The van der Waals surface area contributed by atoms with Crippen molar-refractivity contribution >= 4 is 18.6 Å². The van der Waals surface area contributed by atoms with Gasteiger partial charge in [0.05, 0.1) is 6.61 Å². The lowest BCUT2D eigenvalue weighted by molar-refractivity contribution is -0.144. The second-order valence-corrected chi connectivity index (χ2v) is 5.71. The van der Waals surface area contributed by atoms with E-state index < -0.39 is 0 Å². The van der Waals surface area contributed by atoms with Crippen LogP contribution in [-0.4, -0.2) is 17.3 Å². The first-order valence-electron chi connectivity index (χ1n) is 6.40. The van der Waals surface area contributed by atoms with Gasteiger partial charge in [-0.05, 0) is 19.3 Å². The molecule has 96 valence electrons. The van der Waals surface area contributed by atoms with E-state index in [2.05, 4.69) is 33.4 Å². The van der Waals surface area contributed by atoms with Gasteiger partial charge in [-0.25, -0.2) is 0 Å². The smallest absolute Gasteiger partial charge is 0.305 e. The lowest BCUT2D eigenvalue weighted by atomic mass is 10.1. The van der Waals surface area contributed by atoms with Gasteiger partial charge < -0.3 is 4.74 Å². The molecule has 0 radical (unpaired) electrons. The normalized spacial score (nSPS) is 14.5. The summed E-state index contributed by atoms with van der Waals surface area (Å²) in [6.07, 6.45) is 6.87. The van der Waals surface area contributed by atoms with Crippen LogP contribution >= 0.6 is 12.6 Å². The molecule has 1 unspecified atom stereocenters. The summed E-state index contributed by atoms with van der Waals surface area (Å²) in [6, 6.07) is 0. The molecule has 0 aliphatic carbocycles. The fourth-order valence-electron chi connectivity index (χ4n) is 1.33. The Morgan fingerprint density at radius 3 is 2.50 bits per heavy atom. The molecular formula is C13H26O2S. The van der Waals surface area contributed by atoms with Crippen LogP contribution in [0.3, 0.4) is 0 Å². The van der Waals surface area contributed by atoms with Gasteiger partial charge in [0.1, 0.15) is 0 Å². The molecule has 0 aliphatic heterocycles. The first-order valence-corrected chi connectivity index (χ1v) is 6.84. The Kier molecular flexibility index (Phi) is 8.81. The van der Waals surface area contributed by atoms with Crippen LogP contribution in [0.2, 0.25) is 0 Å². The van der Waals surface area contributed by atoms with E-state index in [0.717, 1.165) is 25.7 Å². The van der Waals surface area contributed by atoms with E-state index in [4.69, 9.17) is 4.74 Å². The number of esters is 1. The monoisotopic (exact) mass is 246 g/mol. The molecule has 0 saturated carbocycles. The van der Waals surface area contributed by atoms with E-state index in [-0.39, 0.29) is 10.7 Å². The third kappa shape index (κ3) is 9.08. The van der Waals surface area contributed by atoms with Crippen molar-refractivity contribution in [2.75, 3.05) is 6.61 Å². The average Bonchev–Trinajstić information content (AvgIpc) is 2.24. The van der Waals surface area contributed by atoms with Gasteiger partial charge in [-0.1, -0.05) is 40.0 Å². The molecule has 0 heterocycles. The standard InChI is InChI=1S/C13H26O2S/c1-4-6-7-8-9-12(14)15-11-10-13(3,16)5-2/h16H,4-11H2,1-3H3. The summed E-state index contributed by atoms with van der Waals surface area (Å²) in [5, 5.41) is 0. The Morgan fingerprint density at radius 2 is 1.94 bits per heavy atom. The molecule has 3 heteroatoms. The van der Waals surface area contributed by atoms with Gasteiger partial charge in [-0.2, -0.15) is 12.6 Å². The van der Waals surface area contributed by atoms with Crippen molar-refractivity contribution in [3.63, 3.8) is 0 Å². The number of carbonyl (C=O) groups is 1. The van der Waals surface area contributed by atoms with Crippen LogP contribution in [0.25, 0.3) is 0 Å². The Balaban J connectivity index is 3.44. The summed E-state index contributed by atoms with van der Waals surface area (Å²) in [4.78, 5) is 11.3. The predicted octanol–water partition coefficient (Wildman–Crippen LogP) is 3.99. The molecule has 0 aromatic heterocycles. The fraction of sp³-hybridized carbons (Fsp3) is 0.923. The van der Waals surface area contributed by atoms with Crippen LogP contribution in [0.4, 0.5) is 0 Å². The quantitative estimate of drug-likeness (QED) is 0.378. The molecule has 0 rings (SSSR count). The second-order valence-electron chi connectivity index (χ2n) is 4.63. The maximum Gasteiger partial charge on any atom is 0.305 e. The summed E-state index contributed by atoms with van der Waals surface area (Å²) in [6.45, 7) is 6.84. The highest BCUT2D eigenvalue weighted by Gasteiger charge is 2.16. The van der Waals surface area contributed by atoms with Gasteiger partial charge in [0.2, 0.25) is 0 Å². The molecule has 1 atom stereocenters. The Morgan fingerprint density at radius 1 is 1.25 bits per heavy atom. The van der Waals surface area contributed by atoms with Crippen molar-refractivity contribution in [2.24, 2.45) is 0 Å². The zero-order valence-electron chi connectivity index (χ0n) is 10.9. The van der Waals surface area contributed by atoms with Crippen LogP contribution in [0.15, 0.2) is 0 Å². The number of hydrogen-bond acceptors (Lipinski definition) is 3.